The van der Waals surface area contributed by atoms with E-state index in [9.17, 15) is 13.7 Å². The highest BCUT2D eigenvalue weighted by atomic mass is 35.5. The van der Waals surface area contributed by atoms with Crippen LogP contribution in [-0.2, 0) is 41.3 Å². The van der Waals surface area contributed by atoms with Crippen LogP contribution < -0.4 is 0 Å². The second-order valence-corrected chi connectivity index (χ2v) is 13.6. The van der Waals surface area contributed by atoms with Gasteiger partial charge in [0.25, 0.3) is 0 Å². The van der Waals surface area contributed by atoms with Crippen molar-refractivity contribution in [3.05, 3.63) is 71.1 Å². The Morgan fingerprint density at radius 3 is 1.23 bits per heavy atom. The van der Waals surface area contributed by atoms with Gasteiger partial charge in [-0.2, -0.15) is 0 Å². The molecule has 0 aromatic heterocycles. The second-order valence-electron chi connectivity index (χ2n) is 6.78. The molecule has 0 spiro atoms. The van der Waals surface area contributed by atoms with Crippen molar-refractivity contribution in [1.29, 1.82) is 0 Å². The number of hydrogen-bond acceptors (Lipinski definition) is 10. The molecule has 20 heteroatoms. The van der Waals surface area contributed by atoms with Crippen LogP contribution in [-0.4, -0.2) is 107 Å². The molecule has 0 radical (unpaired) electrons. The van der Waals surface area contributed by atoms with Crippen molar-refractivity contribution in [3.8, 4) is 0 Å². The maximum atomic E-state index is 11.5. The Balaban J connectivity index is -0.000000152. The highest BCUT2D eigenvalue weighted by molar-refractivity contribution is 7.54. The van der Waals surface area contributed by atoms with Gasteiger partial charge in [-0.15, -0.1) is 23.2 Å². The van der Waals surface area contributed by atoms with Crippen molar-refractivity contribution in [2.45, 2.75) is 0 Å². The van der Waals surface area contributed by atoms with Crippen LogP contribution in [0.25, 0.3) is 14.5 Å². The molecule has 250 valence electrons. The molecular weight excluding hydrogens is 674 g/mol. The molecule has 0 saturated carbocycles. The van der Waals surface area contributed by atoms with E-state index in [4.69, 9.17) is 64.7 Å². The quantitative estimate of drug-likeness (QED) is 0.0745. The van der Waals surface area contributed by atoms with Crippen molar-refractivity contribution in [2.24, 2.45) is 0 Å². The molecule has 0 rings (SSSR count). The van der Waals surface area contributed by atoms with Gasteiger partial charge in [0.2, 0.25) is 0 Å². The van der Waals surface area contributed by atoms with Gasteiger partial charge in [-0.3, -0.25) is 13.7 Å². The van der Waals surface area contributed by atoms with Crippen molar-refractivity contribution in [3.63, 3.8) is 0 Å². The average Bonchev–Trinajstić information content (AvgIpc) is 3.01. The van der Waals surface area contributed by atoms with Gasteiger partial charge < -0.3 is 42.5 Å². The molecule has 0 heterocycles. The van der Waals surface area contributed by atoms with E-state index in [1.54, 1.807) is 0 Å². The van der Waals surface area contributed by atoms with Gasteiger partial charge in [0.1, 0.15) is 0 Å². The number of allylic oxidation sites excluding steroid dienone is 1. The van der Waals surface area contributed by atoms with Gasteiger partial charge in [-0.25, -0.2) is 14.5 Å². The standard InChI is InChI=1S/C8H14NO4P.C6H10NO4P.C4H4ClN.C4H11O4P.CH3Cl/c1-8(9-2)7-13-5-6-14(10,11-3)12-4;1-6(7-2)5-11-3-4-12(8,9)10;1-4(3-5)6-2;1-7-9(6,8-2)4-3-5;1-2/h1,5-7H2,3-4H3;1,3-5H2,(H2,8,9,10);1,3H2;5H,3-4H2,1-2H3;1H3. The molecule has 0 aliphatic carbocycles. The predicted octanol–water partition coefficient (Wildman–Crippen LogP) is 5.51. The van der Waals surface area contributed by atoms with E-state index < -0.39 is 22.8 Å². The molecular formula is C23H42Cl2N3O12P3. The number of aliphatic hydroxyl groups excluding tert-OH is 1. The summed E-state index contributed by atoms with van der Waals surface area (Å²) in [6.07, 6.45) is 1.38. The molecule has 0 amide bonds. The number of rotatable bonds is 17. The third-order valence-electron chi connectivity index (χ3n) is 3.69. The van der Waals surface area contributed by atoms with E-state index in [0.29, 0.717) is 11.4 Å². The van der Waals surface area contributed by atoms with E-state index in [1.807, 2.05) is 0 Å². The summed E-state index contributed by atoms with van der Waals surface area (Å²) in [5.74, 6) is 0.253. The van der Waals surface area contributed by atoms with Crippen LogP contribution in [0.3, 0.4) is 0 Å². The zero-order valence-electron chi connectivity index (χ0n) is 24.9. The van der Waals surface area contributed by atoms with Gasteiger partial charge in [-0.05, 0) is 0 Å². The minimum atomic E-state index is -3.97. The summed E-state index contributed by atoms with van der Waals surface area (Å²) in [7, 11) is -4.65. The third-order valence-corrected chi connectivity index (χ3v) is 8.47. The first-order chi connectivity index (χ1) is 20.0. The van der Waals surface area contributed by atoms with Crippen molar-refractivity contribution >= 4 is 46.0 Å². The van der Waals surface area contributed by atoms with Gasteiger partial charge in [0.15, 0.2) is 17.1 Å². The van der Waals surface area contributed by atoms with Crippen LogP contribution in [0, 0.1) is 19.7 Å². The molecule has 0 fully saturated rings. The summed E-state index contributed by atoms with van der Waals surface area (Å²) in [6, 6.07) is 0. The minimum absolute atomic E-state index is 0.0312. The van der Waals surface area contributed by atoms with E-state index in [-0.39, 0.29) is 63.1 Å². The Morgan fingerprint density at radius 2 is 1.02 bits per heavy atom. The number of aliphatic hydroxyl groups is 1. The average molecular weight is 716 g/mol. The topological polar surface area (TPSA) is 180 Å². The first-order valence-corrected chi connectivity index (χ1v) is 17.9. The molecule has 0 unspecified atom stereocenters. The van der Waals surface area contributed by atoms with Crippen molar-refractivity contribution in [1.82, 2.24) is 0 Å². The van der Waals surface area contributed by atoms with Crippen LogP contribution >= 0.6 is 46.0 Å². The lowest BCUT2D eigenvalue weighted by molar-refractivity contribution is 0.166. The molecule has 0 aliphatic heterocycles. The number of halogens is 2. The third kappa shape index (κ3) is 40.6. The van der Waals surface area contributed by atoms with E-state index in [2.05, 4.69) is 54.9 Å². The Hall–Kier alpha value is -1.40. The van der Waals surface area contributed by atoms with E-state index >= 15 is 0 Å². The van der Waals surface area contributed by atoms with E-state index in [0.717, 1.165) is 0 Å². The first kappa shape index (κ1) is 51.2. The Morgan fingerprint density at radius 1 is 0.698 bits per heavy atom. The van der Waals surface area contributed by atoms with Crippen LogP contribution in [0.15, 0.2) is 36.8 Å². The molecule has 0 aliphatic rings. The number of nitrogens with zero attached hydrogens (tertiary/aromatic N) is 3. The lowest BCUT2D eigenvalue weighted by Crippen LogP contribution is -2.04. The fourth-order valence-electron chi connectivity index (χ4n) is 1.47. The van der Waals surface area contributed by atoms with Crippen LogP contribution in [0.5, 0.6) is 0 Å². The van der Waals surface area contributed by atoms with Gasteiger partial charge >= 0.3 is 22.8 Å². The van der Waals surface area contributed by atoms with Crippen molar-refractivity contribution in [2.75, 3.05) is 92.2 Å². The normalized spacial score (nSPS) is 10.1. The fourth-order valence-corrected chi connectivity index (χ4v) is 3.52. The van der Waals surface area contributed by atoms with Gasteiger partial charge in [0, 0.05) is 34.8 Å². The summed E-state index contributed by atoms with van der Waals surface area (Å²) < 4.78 is 60.9. The molecule has 15 nitrogen and oxygen atoms in total. The minimum Gasteiger partial charge on any atom is -0.396 e. The molecule has 0 aromatic carbocycles. The Kier molecular flexibility index (Phi) is 39.9. The predicted molar refractivity (Wildman–Crippen MR) is 168 cm³/mol. The molecule has 0 bridgehead atoms. The SMILES string of the molecule is CCl.COP(=O)(CCO)OC.[C-]#[N+]C(=C)CCl.[C-]#[N+]C(=C)COCCP(=O)(O)O.[C-]#[N+]C(=C)COCCP(=O)(OC)OC. The molecule has 0 aromatic rings. The smallest absolute Gasteiger partial charge is 0.332 e. The highest BCUT2D eigenvalue weighted by Gasteiger charge is 2.20. The lowest BCUT2D eigenvalue weighted by Gasteiger charge is -2.12. The Labute approximate surface area is 265 Å². The maximum absolute atomic E-state index is 11.5. The van der Waals surface area contributed by atoms with Crippen LogP contribution in [0.2, 0.25) is 0 Å². The van der Waals surface area contributed by atoms with Gasteiger partial charge in [0.05, 0.1) is 77.1 Å². The van der Waals surface area contributed by atoms with Crippen LogP contribution in [0.1, 0.15) is 0 Å². The largest absolute Gasteiger partial charge is 0.396 e. The zero-order valence-corrected chi connectivity index (χ0v) is 29.1. The maximum Gasteiger partial charge on any atom is 0.332 e. The first-order valence-electron chi connectivity index (χ1n) is 11.3. The fraction of sp³-hybridized carbons (Fsp3) is 0.609. The summed E-state index contributed by atoms with van der Waals surface area (Å²) >= 11 is 9.78. The van der Waals surface area contributed by atoms with Crippen LogP contribution in [0.4, 0.5) is 0 Å². The van der Waals surface area contributed by atoms with E-state index in [1.165, 1.54) is 34.8 Å². The van der Waals surface area contributed by atoms with Gasteiger partial charge in [-0.1, -0.05) is 19.7 Å². The van der Waals surface area contributed by atoms with Crippen molar-refractivity contribution < 1.29 is 56.2 Å². The summed E-state index contributed by atoms with van der Waals surface area (Å²) in [5, 5.41) is 8.33. The summed E-state index contributed by atoms with van der Waals surface area (Å²) in [5.41, 5.74) is 0.937. The zero-order chi connectivity index (χ0) is 35.0. The lowest BCUT2D eigenvalue weighted by atomic mass is 10.5. The number of hydrogen-bond donors (Lipinski definition) is 3. The monoisotopic (exact) mass is 715 g/mol. The molecule has 3 N–H and O–H groups in total. The number of alkyl halides is 2. The molecule has 0 atom stereocenters. The summed E-state index contributed by atoms with van der Waals surface area (Å²) in [6.45, 7) is 29.5. The molecule has 0 saturated heterocycles. The highest BCUT2D eigenvalue weighted by Crippen LogP contribution is 2.46. The number of ether oxygens (including phenoxy) is 2. The Bertz CT molecular complexity index is 1020. The molecule has 43 heavy (non-hydrogen) atoms. The summed E-state index contributed by atoms with van der Waals surface area (Å²) in [4.78, 5) is 25.7. The second kappa shape index (κ2) is 33.5.